The van der Waals surface area contributed by atoms with Crippen LogP contribution in [0, 0.1) is 0 Å². The molecule has 72 valence electrons. The number of hydrogen-bond donors (Lipinski definition) is 1. The molecule has 0 atom stereocenters. The molecule has 0 aliphatic rings. The van der Waals surface area contributed by atoms with Crippen molar-refractivity contribution in [1.29, 1.82) is 0 Å². The first kappa shape index (κ1) is 9.77. The molecule has 1 aromatic rings. The standard InChI is InChI=1S/C9H14N2O2/c1-3-4-5-11-7-6-10(2)8(11)9(12)13/h6-7H,3-5H2,1-2H3/p+1. The first-order valence-electron chi connectivity index (χ1n) is 4.45. The lowest BCUT2D eigenvalue weighted by molar-refractivity contribution is -0.673. The molecule has 4 heteroatoms. The third kappa shape index (κ3) is 2.08. The molecule has 0 unspecified atom stereocenters. The first-order chi connectivity index (χ1) is 6.16. The van der Waals surface area contributed by atoms with Gasteiger partial charge >= 0.3 is 11.8 Å². The molecule has 0 aromatic carbocycles. The van der Waals surface area contributed by atoms with Crippen LogP contribution in [0.3, 0.4) is 0 Å². The summed E-state index contributed by atoms with van der Waals surface area (Å²) in [5.74, 6) is -0.531. The summed E-state index contributed by atoms with van der Waals surface area (Å²) in [4.78, 5) is 10.8. The van der Waals surface area contributed by atoms with Gasteiger partial charge in [0.25, 0.3) is 0 Å². The minimum atomic E-state index is -0.872. The van der Waals surface area contributed by atoms with Crippen molar-refractivity contribution in [3.8, 4) is 0 Å². The van der Waals surface area contributed by atoms with Gasteiger partial charge in [-0.25, -0.2) is 13.9 Å². The number of unbranched alkanes of at least 4 members (excludes halogenated alkanes) is 1. The van der Waals surface area contributed by atoms with E-state index in [9.17, 15) is 4.79 Å². The van der Waals surface area contributed by atoms with Crippen molar-refractivity contribution in [1.82, 2.24) is 4.57 Å². The molecule has 1 heterocycles. The largest absolute Gasteiger partial charge is 0.472 e. The van der Waals surface area contributed by atoms with Crippen LogP contribution in [0.4, 0.5) is 0 Å². The van der Waals surface area contributed by atoms with Crippen molar-refractivity contribution < 1.29 is 14.5 Å². The van der Waals surface area contributed by atoms with Gasteiger partial charge in [-0.05, 0) is 6.42 Å². The molecule has 0 fully saturated rings. The Morgan fingerprint density at radius 3 is 2.92 bits per heavy atom. The number of hydrogen-bond acceptors (Lipinski definition) is 1. The molecule has 1 rings (SSSR count). The third-order valence-corrected chi connectivity index (χ3v) is 2.02. The molecule has 0 saturated heterocycles. The lowest BCUT2D eigenvalue weighted by Gasteiger charge is -1.96. The molecule has 0 aliphatic carbocycles. The van der Waals surface area contributed by atoms with Crippen LogP contribution in [0.5, 0.6) is 0 Å². The average molecular weight is 183 g/mol. The van der Waals surface area contributed by atoms with Crippen LogP contribution in [0.2, 0.25) is 0 Å². The fourth-order valence-electron chi connectivity index (χ4n) is 1.31. The molecule has 0 radical (unpaired) electrons. The second-order valence-electron chi connectivity index (χ2n) is 3.08. The number of carbonyl (C=O) groups is 1. The topological polar surface area (TPSA) is 46.1 Å². The maximum Gasteiger partial charge on any atom is 0.419 e. The molecule has 0 amide bonds. The zero-order chi connectivity index (χ0) is 9.84. The van der Waals surface area contributed by atoms with Gasteiger partial charge in [-0.3, -0.25) is 0 Å². The Morgan fingerprint density at radius 2 is 2.38 bits per heavy atom. The highest BCUT2D eigenvalue weighted by Gasteiger charge is 2.21. The second-order valence-corrected chi connectivity index (χ2v) is 3.08. The van der Waals surface area contributed by atoms with E-state index in [2.05, 4.69) is 6.92 Å². The fraction of sp³-hybridized carbons (Fsp3) is 0.556. The van der Waals surface area contributed by atoms with E-state index in [-0.39, 0.29) is 0 Å². The lowest BCUT2D eigenvalue weighted by atomic mass is 10.3. The summed E-state index contributed by atoms with van der Waals surface area (Å²) in [5, 5.41) is 8.89. The van der Waals surface area contributed by atoms with E-state index < -0.39 is 5.97 Å². The SMILES string of the molecule is CCCCn1cc[n+](C)c1C(=O)O. The van der Waals surface area contributed by atoms with Crippen LogP contribution in [0.15, 0.2) is 12.4 Å². The van der Waals surface area contributed by atoms with Crippen molar-refractivity contribution >= 4 is 5.97 Å². The minimum absolute atomic E-state index is 0.341. The summed E-state index contributed by atoms with van der Waals surface area (Å²) in [6.07, 6.45) is 5.65. The van der Waals surface area contributed by atoms with Gasteiger partial charge in [-0.1, -0.05) is 13.3 Å². The highest BCUT2D eigenvalue weighted by atomic mass is 16.4. The van der Waals surface area contributed by atoms with Crippen molar-refractivity contribution in [3.05, 3.63) is 18.2 Å². The number of rotatable bonds is 4. The zero-order valence-electron chi connectivity index (χ0n) is 8.03. The second kappa shape index (κ2) is 4.07. The van der Waals surface area contributed by atoms with Crippen molar-refractivity contribution in [3.63, 3.8) is 0 Å². The van der Waals surface area contributed by atoms with Gasteiger partial charge in [-0.15, -0.1) is 0 Å². The fourth-order valence-corrected chi connectivity index (χ4v) is 1.31. The van der Waals surface area contributed by atoms with Crippen LogP contribution in [-0.4, -0.2) is 15.6 Å². The summed E-state index contributed by atoms with van der Waals surface area (Å²) in [5.41, 5.74) is 0. The van der Waals surface area contributed by atoms with Crippen LogP contribution >= 0.6 is 0 Å². The maximum atomic E-state index is 10.8. The molecule has 1 aromatic heterocycles. The van der Waals surface area contributed by atoms with Gasteiger partial charge in [0, 0.05) is 0 Å². The van der Waals surface area contributed by atoms with Gasteiger partial charge < -0.3 is 5.11 Å². The summed E-state index contributed by atoms with van der Waals surface area (Å²) < 4.78 is 3.39. The Balaban J connectivity index is 2.87. The predicted molar refractivity (Wildman–Crippen MR) is 47.5 cm³/mol. The van der Waals surface area contributed by atoms with E-state index in [0.29, 0.717) is 5.82 Å². The Kier molecular flexibility index (Phi) is 3.06. The molecule has 0 aliphatic heterocycles. The number of aromatic nitrogens is 2. The average Bonchev–Trinajstić information content (AvgIpc) is 2.43. The maximum absolute atomic E-state index is 10.8. The van der Waals surface area contributed by atoms with E-state index in [1.165, 1.54) is 0 Å². The first-order valence-corrected chi connectivity index (χ1v) is 4.45. The van der Waals surface area contributed by atoms with Crippen LogP contribution in [0.25, 0.3) is 0 Å². The van der Waals surface area contributed by atoms with E-state index in [1.807, 2.05) is 0 Å². The monoisotopic (exact) mass is 183 g/mol. The number of nitrogens with zero attached hydrogens (tertiary/aromatic N) is 2. The van der Waals surface area contributed by atoms with Gasteiger partial charge in [0.1, 0.15) is 12.4 Å². The van der Waals surface area contributed by atoms with Gasteiger partial charge in [0.05, 0.1) is 13.6 Å². The number of imidazole rings is 1. The van der Waals surface area contributed by atoms with Crippen molar-refractivity contribution in [2.75, 3.05) is 0 Å². The molecule has 0 saturated carbocycles. The summed E-state index contributed by atoms with van der Waals surface area (Å²) in [6.45, 7) is 2.86. The van der Waals surface area contributed by atoms with Crippen LogP contribution in [0.1, 0.15) is 30.4 Å². The molecule has 0 spiro atoms. The molecular formula is C9H15N2O2+. The number of aryl methyl sites for hydroxylation is 2. The number of carboxylic acid groups (broad SMARTS) is 1. The van der Waals surface area contributed by atoms with Crippen molar-refractivity contribution in [2.24, 2.45) is 7.05 Å². The minimum Gasteiger partial charge on any atom is -0.472 e. The van der Waals surface area contributed by atoms with Crippen LogP contribution < -0.4 is 4.57 Å². The molecule has 1 N–H and O–H groups in total. The quantitative estimate of drug-likeness (QED) is 0.702. The number of carboxylic acids is 1. The van der Waals surface area contributed by atoms with E-state index in [1.54, 1.807) is 28.6 Å². The molecular weight excluding hydrogens is 168 g/mol. The third-order valence-electron chi connectivity index (χ3n) is 2.02. The predicted octanol–water partition coefficient (Wildman–Crippen LogP) is 0.811. The highest BCUT2D eigenvalue weighted by Crippen LogP contribution is 1.99. The summed E-state index contributed by atoms with van der Waals surface area (Å²) in [6, 6.07) is 0. The van der Waals surface area contributed by atoms with Crippen molar-refractivity contribution in [2.45, 2.75) is 26.3 Å². The Morgan fingerprint density at radius 1 is 1.69 bits per heavy atom. The summed E-state index contributed by atoms with van der Waals surface area (Å²) >= 11 is 0. The Labute approximate surface area is 77.4 Å². The molecule has 4 nitrogen and oxygen atoms in total. The van der Waals surface area contributed by atoms with Gasteiger partial charge in [0.2, 0.25) is 0 Å². The van der Waals surface area contributed by atoms with Gasteiger partial charge in [0.15, 0.2) is 0 Å². The Bertz CT molecular complexity index is 305. The van der Waals surface area contributed by atoms with E-state index >= 15 is 0 Å². The number of aromatic carboxylic acids is 1. The molecule has 0 bridgehead atoms. The lowest BCUT2D eigenvalue weighted by Crippen LogP contribution is -2.35. The zero-order valence-corrected chi connectivity index (χ0v) is 8.03. The smallest absolute Gasteiger partial charge is 0.419 e. The van der Waals surface area contributed by atoms with E-state index in [0.717, 1.165) is 19.4 Å². The van der Waals surface area contributed by atoms with Gasteiger partial charge in [-0.2, -0.15) is 0 Å². The highest BCUT2D eigenvalue weighted by molar-refractivity contribution is 5.81. The normalized spacial score (nSPS) is 10.3. The van der Waals surface area contributed by atoms with E-state index in [4.69, 9.17) is 5.11 Å². The van der Waals surface area contributed by atoms with Crippen LogP contribution in [-0.2, 0) is 13.6 Å². The Hall–Kier alpha value is -1.32. The summed E-state index contributed by atoms with van der Waals surface area (Å²) in [7, 11) is 1.74. The molecule has 13 heavy (non-hydrogen) atoms.